The lowest BCUT2D eigenvalue weighted by molar-refractivity contribution is -0.137. The molecule has 0 bridgehead atoms. The number of imidazole rings is 1. The zero-order valence-electron chi connectivity index (χ0n) is 13.2. The molecule has 1 aromatic heterocycles. The molecule has 4 N–H and O–H groups in total. The van der Waals surface area contributed by atoms with E-state index in [1.165, 1.54) is 30.3 Å². The number of fused-ring (bicyclic) bond motifs is 1. The summed E-state index contributed by atoms with van der Waals surface area (Å²) in [7, 11) is -4.09. The molecule has 0 fully saturated rings. The molecule has 0 amide bonds. The van der Waals surface area contributed by atoms with E-state index >= 15 is 0 Å². The fraction of sp³-hybridized carbons (Fsp3) is 0.125. The smallest absolute Gasteiger partial charge is 0.323 e. The highest BCUT2D eigenvalue weighted by Crippen LogP contribution is 2.22. The number of carboxylic acid groups (broad SMARTS) is 1. The van der Waals surface area contributed by atoms with Gasteiger partial charge in [-0.05, 0) is 35.9 Å². The molecular formula is C16H14FN3O5S. The van der Waals surface area contributed by atoms with E-state index in [4.69, 9.17) is 5.11 Å². The number of benzene rings is 2. The van der Waals surface area contributed by atoms with Crippen molar-refractivity contribution in [2.75, 3.05) is 0 Å². The summed E-state index contributed by atoms with van der Waals surface area (Å²) in [5, 5.41) is 9.06. The molecule has 0 aliphatic heterocycles. The molecule has 3 aromatic rings. The lowest BCUT2D eigenvalue weighted by Crippen LogP contribution is -2.30. The number of carboxylic acids is 1. The molecule has 0 spiro atoms. The average molecular weight is 379 g/mol. The molecule has 0 aliphatic rings. The van der Waals surface area contributed by atoms with Crippen LogP contribution in [0.4, 0.5) is 4.39 Å². The summed E-state index contributed by atoms with van der Waals surface area (Å²) in [6.07, 6.45) is -0.520. The number of rotatable bonds is 6. The van der Waals surface area contributed by atoms with Crippen LogP contribution in [-0.2, 0) is 14.8 Å². The van der Waals surface area contributed by atoms with Crippen molar-refractivity contribution in [1.29, 1.82) is 0 Å². The molecule has 1 heterocycles. The van der Waals surface area contributed by atoms with Crippen LogP contribution in [-0.4, -0.2) is 29.5 Å². The van der Waals surface area contributed by atoms with Crippen LogP contribution in [0.2, 0.25) is 0 Å². The lowest BCUT2D eigenvalue weighted by Gasteiger charge is -2.17. The van der Waals surface area contributed by atoms with Gasteiger partial charge >= 0.3 is 11.7 Å². The van der Waals surface area contributed by atoms with Crippen molar-refractivity contribution < 1.29 is 22.7 Å². The summed E-state index contributed by atoms with van der Waals surface area (Å²) in [5.41, 5.74) is 0.579. The number of nitrogens with one attached hydrogen (secondary N) is 3. The Morgan fingerprint density at radius 2 is 1.77 bits per heavy atom. The summed E-state index contributed by atoms with van der Waals surface area (Å²) in [6.45, 7) is 0. The van der Waals surface area contributed by atoms with Gasteiger partial charge < -0.3 is 15.1 Å². The van der Waals surface area contributed by atoms with Crippen molar-refractivity contribution >= 4 is 27.0 Å². The largest absolute Gasteiger partial charge is 0.481 e. The SMILES string of the molecule is O=C(O)C[C@@H](NS(=O)(=O)c1ccc2[nH]c(=O)[nH]c2c1)c1ccc(F)cc1. The summed E-state index contributed by atoms with van der Waals surface area (Å²) >= 11 is 0. The van der Waals surface area contributed by atoms with Gasteiger partial charge in [0.2, 0.25) is 10.0 Å². The Morgan fingerprint density at radius 1 is 1.12 bits per heavy atom. The van der Waals surface area contributed by atoms with Crippen molar-refractivity contribution in [2.24, 2.45) is 0 Å². The van der Waals surface area contributed by atoms with Gasteiger partial charge in [-0.1, -0.05) is 12.1 Å². The molecule has 26 heavy (non-hydrogen) atoms. The first-order chi connectivity index (χ1) is 12.2. The Kier molecular flexibility index (Phi) is 4.62. The van der Waals surface area contributed by atoms with Gasteiger partial charge in [0.05, 0.1) is 28.4 Å². The monoisotopic (exact) mass is 379 g/mol. The van der Waals surface area contributed by atoms with Crippen LogP contribution < -0.4 is 10.4 Å². The summed E-state index contributed by atoms with van der Waals surface area (Å²) in [5.74, 6) is -1.74. The maximum Gasteiger partial charge on any atom is 0.323 e. The third-order valence-corrected chi connectivity index (χ3v) is 5.22. The van der Waals surface area contributed by atoms with Crippen LogP contribution in [0.25, 0.3) is 11.0 Å². The van der Waals surface area contributed by atoms with E-state index in [2.05, 4.69) is 14.7 Å². The predicted molar refractivity (Wildman–Crippen MR) is 90.6 cm³/mol. The van der Waals surface area contributed by atoms with E-state index in [9.17, 15) is 22.4 Å². The summed E-state index contributed by atoms with van der Waals surface area (Å²) in [4.78, 5) is 27.2. The van der Waals surface area contributed by atoms with Gasteiger partial charge in [0.1, 0.15) is 5.82 Å². The molecular weight excluding hydrogens is 365 g/mol. The van der Waals surface area contributed by atoms with Crippen LogP contribution in [0.1, 0.15) is 18.0 Å². The van der Waals surface area contributed by atoms with Crippen LogP contribution in [0.5, 0.6) is 0 Å². The Labute approximate surface area is 146 Å². The zero-order valence-corrected chi connectivity index (χ0v) is 14.0. The average Bonchev–Trinajstić information content (AvgIpc) is 2.93. The van der Waals surface area contributed by atoms with Gasteiger partial charge in [0.15, 0.2) is 0 Å². The third-order valence-electron chi connectivity index (χ3n) is 3.75. The molecule has 0 radical (unpaired) electrons. The standard InChI is InChI=1S/C16H14FN3O5S/c17-10-3-1-9(2-4-10)13(8-15(21)22)20-26(24,25)11-5-6-12-14(7-11)19-16(23)18-12/h1-7,13,20H,8H2,(H,21,22)(H2,18,19,23)/t13-/m1/s1. The van der Waals surface area contributed by atoms with Crippen LogP contribution in [0.15, 0.2) is 52.2 Å². The summed E-state index contributed by atoms with van der Waals surface area (Å²) in [6, 6.07) is 7.76. The number of sulfonamides is 1. The Bertz CT molecular complexity index is 1120. The maximum atomic E-state index is 13.1. The van der Waals surface area contributed by atoms with Gasteiger partial charge in [0, 0.05) is 0 Å². The van der Waals surface area contributed by atoms with E-state index in [1.807, 2.05) is 0 Å². The number of carbonyl (C=O) groups is 1. The predicted octanol–water partition coefficient (Wildman–Crippen LogP) is 1.49. The number of aliphatic carboxylic acids is 1. The number of hydrogen-bond donors (Lipinski definition) is 4. The molecule has 10 heteroatoms. The topological polar surface area (TPSA) is 132 Å². The number of H-pyrrole nitrogens is 2. The first-order valence-electron chi connectivity index (χ1n) is 7.46. The highest BCUT2D eigenvalue weighted by Gasteiger charge is 2.24. The van der Waals surface area contributed by atoms with Gasteiger partial charge in [-0.2, -0.15) is 0 Å². The van der Waals surface area contributed by atoms with E-state index in [1.54, 1.807) is 0 Å². The molecule has 3 rings (SSSR count). The van der Waals surface area contributed by atoms with Crippen molar-refractivity contribution in [2.45, 2.75) is 17.4 Å². The van der Waals surface area contributed by atoms with Crippen molar-refractivity contribution in [3.63, 3.8) is 0 Å². The Morgan fingerprint density at radius 3 is 2.42 bits per heavy atom. The normalized spacial score (nSPS) is 13.0. The molecule has 0 unspecified atom stereocenters. The molecule has 0 saturated heterocycles. The second kappa shape index (κ2) is 6.73. The Hall–Kier alpha value is -2.98. The fourth-order valence-electron chi connectivity index (χ4n) is 2.53. The second-order valence-electron chi connectivity index (χ2n) is 5.61. The lowest BCUT2D eigenvalue weighted by atomic mass is 10.1. The molecule has 136 valence electrons. The number of aromatic amines is 2. The first kappa shape index (κ1) is 17.8. The zero-order chi connectivity index (χ0) is 18.9. The van der Waals surface area contributed by atoms with Crippen LogP contribution in [0.3, 0.4) is 0 Å². The van der Waals surface area contributed by atoms with E-state index in [0.29, 0.717) is 16.6 Å². The Balaban J connectivity index is 1.95. The highest BCUT2D eigenvalue weighted by molar-refractivity contribution is 7.89. The maximum absolute atomic E-state index is 13.1. The van der Waals surface area contributed by atoms with Crippen molar-refractivity contribution in [3.8, 4) is 0 Å². The van der Waals surface area contributed by atoms with Crippen LogP contribution in [0, 0.1) is 5.82 Å². The quantitative estimate of drug-likeness (QED) is 0.515. The fourth-order valence-corrected chi connectivity index (χ4v) is 3.78. The van der Waals surface area contributed by atoms with Crippen molar-refractivity contribution in [3.05, 3.63) is 64.3 Å². The van der Waals surface area contributed by atoms with Gasteiger partial charge in [0.25, 0.3) is 0 Å². The first-order valence-corrected chi connectivity index (χ1v) is 8.94. The molecule has 0 saturated carbocycles. The van der Waals surface area contributed by atoms with E-state index in [-0.39, 0.29) is 4.90 Å². The summed E-state index contributed by atoms with van der Waals surface area (Å²) < 4.78 is 40.7. The van der Waals surface area contributed by atoms with Crippen LogP contribution >= 0.6 is 0 Å². The van der Waals surface area contributed by atoms with E-state index in [0.717, 1.165) is 12.1 Å². The molecule has 1 atom stereocenters. The molecule has 0 aliphatic carbocycles. The van der Waals surface area contributed by atoms with Gasteiger partial charge in [-0.3, -0.25) is 4.79 Å². The number of hydrogen-bond acceptors (Lipinski definition) is 4. The number of aromatic nitrogens is 2. The van der Waals surface area contributed by atoms with Gasteiger partial charge in [-0.15, -0.1) is 0 Å². The highest BCUT2D eigenvalue weighted by atomic mass is 32.2. The third kappa shape index (κ3) is 3.81. The minimum atomic E-state index is -4.09. The molecule has 8 nitrogen and oxygen atoms in total. The second-order valence-corrected chi connectivity index (χ2v) is 7.32. The van der Waals surface area contributed by atoms with Gasteiger partial charge in [-0.25, -0.2) is 22.3 Å². The van der Waals surface area contributed by atoms with Crippen molar-refractivity contribution in [1.82, 2.24) is 14.7 Å². The minimum absolute atomic E-state index is 0.141. The number of halogens is 1. The minimum Gasteiger partial charge on any atom is -0.481 e. The molecule has 2 aromatic carbocycles. The van der Waals surface area contributed by atoms with E-state index < -0.39 is 40.0 Å².